The first-order valence-electron chi connectivity index (χ1n) is 23.3. The highest BCUT2D eigenvalue weighted by Crippen LogP contribution is 2.36. The molecule has 14 nitrogen and oxygen atoms in total. The summed E-state index contributed by atoms with van der Waals surface area (Å²) in [7, 11) is -8.31. The van der Waals surface area contributed by atoms with E-state index in [2.05, 4.69) is 45.3 Å². The first kappa shape index (κ1) is 32.9. The molecule has 0 amide bonds. The third-order valence-corrected chi connectivity index (χ3v) is 8.99. The number of anilines is 3. The second-order valence-electron chi connectivity index (χ2n) is 15.5. The standard InChI is InChI=1S/C12H18BNO2.C8H12BNO2.C6H8BNO2.2C6H14O2.H2O/c1-11(2)12(3,4)16-13(15-11)9-5-7-10(14)8-6-9;1-11-9(12-2)7-3-5-8(10)6-4-7;8-6-3-1-5(2-4-6)7(9)10;2*1-5(2,7)6(3,4)8;/h5-8H,14H2,1-4H3;3-6H,10H2,1-2H3;1-4,9-10H,8H2;2*7-8H,1-4H3;1H2/i;1D3,2D3;9D,10D;2*7D,8D;/hD2. The topological polar surface area (TPSA) is 268 Å². The molecule has 0 atom stereocenters. The lowest BCUT2D eigenvalue weighted by Crippen LogP contribution is -2.44. The lowest BCUT2D eigenvalue weighted by atomic mass is 9.79. The van der Waals surface area contributed by atoms with Gasteiger partial charge in [-0.3, -0.25) is 0 Å². The Kier molecular flexibility index (Phi) is 13.1. The fourth-order valence-electron chi connectivity index (χ4n) is 3.10. The van der Waals surface area contributed by atoms with Crippen LogP contribution in [0.3, 0.4) is 0 Å². The average molecular weight is 789 g/mol. The van der Waals surface area contributed by atoms with Gasteiger partial charge < -0.3 is 71.8 Å². The van der Waals surface area contributed by atoms with Crippen molar-refractivity contribution in [3.05, 3.63) is 72.8 Å². The molecule has 0 aromatic heterocycles. The van der Waals surface area contributed by atoms with Gasteiger partial charge in [-0.15, -0.1) is 0 Å². The summed E-state index contributed by atoms with van der Waals surface area (Å²) in [4.78, 5) is 0. The normalized spacial score (nSPS) is 18.4. The molecular formula is C38H68B3N3O11. The number of hydrogen-bond acceptors (Lipinski definition) is 13. The van der Waals surface area contributed by atoms with Crippen molar-refractivity contribution in [3.63, 3.8) is 0 Å². The molecule has 0 saturated carbocycles. The predicted molar refractivity (Wildman–Crippen MR) is 226 cm³/mol. The van der Waals surface area contributed by atoms with Crippen molar-refractivity contribution in [2.75, 3.05) is 31.3 Å². The number of aliphatic hydroxyl groups is 4. The zero-order valence-corrected chi connectivity index (χ0v) is 33.9. The van der Waals surface area contributed by atoms with Crippen LogP contribution in [0.4, 0.5) is 17.1 Å². The van der Waals surface area contributed by atoms with Gasteiger partial charge in [0, 0.05) is 31.1 Å². The molecule has 1 aliphatic rings. The van der Waals surface area contributed by atoms with Crippen LogP contribution in [0.2, 0.25) is 0 Å². The van der Waals surface area contributed by atoms with Crippen molar-refractivity contribution in [3.8, 4) is 0 Å². The maximum Gasteiger partial charge on any atom is 0.494 e. The Morgan fingerprint density at radius 1 is 0.618 bits per heavy atom. The molecule has 1 fully saturated rings. The van der Waals surface area contributed by atoms with E-state index in [-0.39, 0.29) is 23.8 Å². The fourth-order valence-corrected chi connectivity index (χ4v) is 3.10. The van der Waals surface area contributed by atoms with Crippen molar-refractivity contribution in [1.82, 2.24) is 0 Å². The van der Waals surface area contributed by atoms with E-state index >= 15 is 0 Å². The zero-order valence-electron chi connectivity index (χ0n) is 47.9. The number of rotatable bonds is 13. The van der Waals surface area contributed by atoms with E-state index in [1.54, 1.807) is 79.7 Å². The minimum absolute atomic E-state index is 0.261. The first-order chi connectivity index (χ1) is 31.3. The Bertz CT molecular complexity index is 1770. The summed E-state index contributed by atoms with van der Waals surface area (Å²) in [5, 5.41) is 25.8. The van der Waals surface area contributed by atoms with Crippen LogP contribution in [-0.2, 0) is 18.6 Å². The molecule has 1 saturated heterocycles. The number of nitrogen functional groups attached to an aromatic ring is 3. The van der Waals surface area contributed by atoms with Crippen LogP contribution in [0.5, 0.6) is 0 Å². The lowest BCUT2D eigenvalue weighted by molar-refractivity contribution is -0.107. The average Bonchev–Trinajstić information content (AvgIpc) is 3.47. The molecule has 3 aromatic rings. The van der Waals surface area contributed by atoms with Gasteiger partial charge in [0.1, 0.15) is 0 Å². The zero-order chi connectivity index (χ0) is 54.5. The van der Waals surface area contributed by atoms with Crippen molar-refractivity contribution in [2.45, 2.75) is 117 Å². The van der Waals surface area contributed by atoms with E-state index in [0.717, 1.165) is 11.2 Å². The number of benzene rings is 3. The van der Waals surface area contributed by atoms with Crippen LogP contribution in [0, 0.1) is 0 Å². The minimum Gasteiger partial charge on any atom is -0.423 e. The molecule has 55 heavy (non-hydrogen) atoms. The molecule has 310 valence electrons. The van der Waals surface area contributed by atoms with Gasteiger partial charge in [0.15, 0.2) is 2.86 Å². The SMILES string of the molecule is CC1(C)OB(c2ccc(N)cc2)OC1(C)C.[2H]C([2H])([2H])OB(OC([2H])([2H])[2H])c1ccc(N)cc1.[2H]OB(O[2H])c1ccc(N)cc1.[2H]OC(C)(C)C(C)(C)O[2H].[2H]OC(C)(C)C(C)(C)O[2H].[2H]O[2H]. The van der Waals surface area contributed by atoms with Gasteiger partial charge in [0.25, 0.3) is 0 Å². The van der Waals surface area contributed by atoms with Crippen LogP contribution >= 0.6 is 0 Å². The van der Waals surface area contributed by atoms with Gasteiger partial charge in [-0.25, -0.2) is 0 Å². The van der Waals surface area contributed by atoms with Crippen molar-refractivity contribution >= 4 is 54.8 Å². The molecular weight excluding hydrogens is 707 g/mol. The fraction of sp³-hybridized carbons (Fsp3) is 0.526. The van der Waals surface area contributed by atoms with E-state index in [4.69, 9.17) is 46.2 Å². The Labute approximate surface area is 350 Å². The predicted octanol–water partition coefficient (Wildman–Crippen LogP) is 1.01. The summed E-state index contributed by atoms with van der Waals surface area (Å²) in [5.74, 6) is 0. The highest BCUT2D eigenvalue weighted by molar-refractivity contribution is 6.62. The summed E-state index contributed by atoms with van der Waals surface area (Å²) in [6.07, 6.45) is 0. The quantitative estimate of drug-likeness (QED) is 0.0866. The highest BCUT2D eigenvalue weighted by atomic mass is 16.7. The van der Waals surface area contributed by atoms with Gasteiger partial charge in [-0.2, -0.15) is 0 Å². The van der Waals surface area contributed by atoms with Gasteiger partial charge in [0.2, 0.25) is 8.59 Å². The highest BCUT2D eigenvalue weighted by Gasteiger charge is 2.51. The van der Waals surface area contributed by atoms with Crippen LogP contribution in [0.15, 0.2) is 72.8 Å². The molecule has 0 spiro atoms. The van der Waals surface area contributed by atoms with Crippen molar-refractivity contribution in [2.24, 2.45) is 0 Å². The minimum atomic E-state index is -2.77. The maximum atomic E-state index is 6.98. The first-order valence-corrected chi connectivity index (χ1v) is 17.0. The molecule has 0 aliphatic carbocycles. The molecule has 0 unspecified atom stereocenters. The van der Waals surface area contributed by atoms with Gasteiger partial charge in [-0.1, -0.05) is 36.4 Å². The Hall–Kier alpha value is -3.19. The molecule has 14 N–H and O–H groups in total. The lowest BCUT2D eigenvalue weighted by Gasteiger charge is -2.32. The van der Waals surface area contributed by atoms with E-state index in [9.17, 15) is 0 Å². The Balaban J connectivity index is 0. The van der Waals surface area contributed by atoms with E-state index in [0.29, 0.717) is 16.8 Å². The van der Waals surface area contributed by atoms with Gasteiger partial charge in [-0.05, 0) is 136 Å². The largest absolute Gasteiger partial charge is 0.494 e. The smallest absolute Gasteiger partial charge is 0.423 e. The van der Waals surface area contributed by atoms with Crippen LogP contribution < -0.4 is 33.6 Å². The van der Waals surface area contributed by atoms with Crippen LogP contribution in [0.1, 0.15) is 91.3 Å². The van der Waals surface area contributed by atoms with Gasteiger partial charge >= 0.3 is 21.4 Å². The van der Waals surface area contributed by atoms with E-state index < -0.39 is 50.7 Å². The van der Waals surface area contributed by atoms with Gasteiger partial charge in [0.05, 0.1) is 41.8 Å². The van der Waals surface area contributed by atoms with E-state index in [1.807, 2.05) is 52.0 Å². The summed E-state index contributed by atoms with van der Waals surface area (Å²) in [5.41, 5.74) is 19.4. The van der Waals surface area contributed by atoms with E-state index in [1.165, 1.54) is 24.3 Å². The summed E-state index contributed by atoms with van der Waals surface area (Å²) in [6.45, 7) is 21.8. The molecule has 1 heterocycles. The Morgan fingerprint density at radius 2 is 0.927 bits per heavy atom. The number of hydrogen-bond donors (Lipinski definition) is 9. The monoisotopic (exact) mass is 790 g/mol. The summed E-state index contributed by atoms with van der Waals surface area (Å²) < 4.78 is 114. The molecule has 0 bridgehead atoms. The second kappa shape index (κ2) is 21.9. The van der Waals surface area contributed by atoms with Crippen molar-refractivity contribution in [1.29, 1.82) is 11.4 Å². The van der Waals surface area contributed by atoms with Crippen LogP contribution in [0.25, 0.3) is 0 Å². The third-order valence-electron chi connectivity index (χ3n) is 8.99. The Morgan fingerprint density at radius 3 is 1.22 bits per heavy atom. The second-order valence-corrected chi connectivity index (χ2v) is 15.5. The molecule has 1 aliphatic heterocycles. The molecule has 0 radical (unpaired) electrons. The summed E-state index contributed by atoms with van der Waals surface area (Å²) in [6, 6.07) is 20.1. The molecule has 3 aromatic carbocycles. The molecule has 17 heteroatoms. The van der Waals surface area contributed by atoms with Crippen LogP contribution in [-0.4, -0.2) is 116 Å². The number of nitrogens with two attached hydrogens (primary N) is 3. The maximum absolute atomic E-state index is 6.98. The van der Waals surface area contributed by atoms with Crippen molar-refractivity contribution < 1.29 is 62.8 Å². The third kappa shape index (κ3) is 19.0. The molecule has 4 rings (SSSR count). The summed E-state index contributed by atoms with van der Waals surface area (Å²) >= 11 is 0.